The van der Waals surface area contributed by atoms with Gasteiger partial charge in [-0.2, -0.15) is 0 Å². The quantitative estimate of drug-likeness (QED) is 0.125. The fourth-order valence-electron chi connectivity index (χ4n) is 2.16. The SMILES string of the molecule is O=C[C@H](O[C@@H](C=O)[C@@H](O)[C@H](O)[C@H](O)CO)[C@@H](O)[C@H](O)[C@H](O)CO.O[C@@H]1COC[C@@H]1O. The van der Waals surface area contributed by atoms with Gasteiger partial charge in [0.2, 0.25) is 0 Å². The minimum Gasteiger partial charge on any atom is -0.394 e. The third-order valence-corrected chi connectivity index (χ3v) is 4.14. The van der Waals surface area contributed by atoms with Gasteiger partial charge in [0.05, 0.1) is 26.4 Å². The van der Waals surface area contributed by atoms with Crippen LogP contribution in [0.1, 0.15) is 0 Å². The lowest BCUT2D eigenvalue weighted by atomic mass is 10.0. The summed E-state index contributed by atoms with van der Waals surface area (Å²) in [6, 6.07) is 0. The van der Waals surface area contributed by atoms with E-state index in [0.29, 0.717) is 0 Å². The van der Waals surface area contributed by atoms with Crippen molar-refractivity contribution in [3.8, 4) is 0 Å². The van der Waals surface area contributed by atoms with E-state index in [2.05, 4.69) is 4.74 Å². The number of aliphatic hydroxyl groups excluding tert-OH is 10. The van der Waals surface area contributed by atoms with Crippen molar-refractivity contribution < 1.29 is 70.1 Å². The van der Waals surface area contributed by atoms with E-state index in [1.54, 1.807) is 0 Å². The van der Waals surface area contributed by atoms with Gasteiger partial charge in [-0.3, -0.25) is 0 Å². The number of rotatable bonds is 12. The summed E-state index contributed by atoms with van der Waals surface area (Å²) in [6.07, 6.45) is -16.8. The maximum Gasteiger partial charge on any atom is 0.151 e. The van der Waals surface area contributed by atoms with E-state index in [1.807, 2.05) is 0 Å². The average molecular weight is 446 g/mol. The van der Waals surface area contributed by atoms with E-state index < -0.39 is 74.3 Å². The molecule has 178 valence electrons. The Morgan fingerprint density at radius 1 is 0.733 bits per heavy atom. The molecule has 1 aliphatic heterocycles. The molecule has 0 amide bonds. The molecule has 30 heavy (non-hydrogen) atoms. The first-order valence-electron chi connectivity index (χ1n) is 8.85. The lowest BCUT2D eigenvalue weighted by Gasteiger charge is -2.30. The maximum absolute atomic E-state index is 10.9. The maximum atomic E-state index is 10.9. The lowest BCUT2D eigenvalue weighted by Crippen LogP contribution is -2.52. The van der Waals surface area contributed by atoms with Crippen LogP contribution in [0.4, 0.5) is 0 Å². The molecule has 0 aromatic heterocycles. The predicted molar refractivity (Wildman–Crippen MR) is 93.8 cm³/mol. The van der Waals surface area contributed by atoms with Crippen molar-refractivity contribution in [2.45, 2.75) is 61.0 Å². The van der Waals surface area contributed by atoms with Crippen molar-refractivity contribution in [2.24, 2.45) is 0 Å². The Kier molecular flexibility index (Phi) is 14.2. The second kappa shape index (κ2) is 14.8. The molecule has 0 aromatic rings. The van der Waals surface area contributed by atoms with Gasteiger partial charge >= 0.3 is 0 Å². The monoisotopic (exact) mass is 446 g/mol. The Morgan fingerprint density at radius 3 is 1.27 bits per heavy atom. The van der Waals surface area contributed by atoms with Gasteiger partial charge < -0.3 is 70.1 Å². The molecule has 0 spiro atoms. The van der Waals surface area contributed by atoms with Crippen LogP contribution in [-0.4, -0.2) is 151 Å². The van der Waals surface area contributed by atoms with Crippen molar-refractivity contribution in [1.29, 1.82) is 0 Å². The van der Waals surface area contributed by atoms with Gasteiger partial charge in [-0.25, -0.2) is 0 Å². The highest BCUT2D eigenvalue weighted by Gasteiger charge is 2.37. The number of carbonyl (C=O) groups excluding carboxylic acids is 2. The fraction of sp³-hybridized carbons (Fsp3) is 0.875. The summed E-state index contributed by atoms with van der Waals surface area (Å²) in [6.45, 7) is -1.29. The topological polar surface area (TPSA) is 255 Å². The van der Waals surface area contributed by atoms with E-state index in [0.717, 1.165) is 0 Å². The summed E-state index contributed by atoms with van der Waals surface area (Å²) in [5.41, 5.74) is 0. The summed E-state index contributed by atoms with van der Waals surface area (Å²) in [7, 11) is 0. The standard InChI is InChI=1S/C12H22O11.C4H8O3/c13-1-5(17)9(19)11(21)7(3-15)23-8(4-16)12(22)10(20)6(18)2-14;5-3-1-7-2-4(3)6/h3-14,17-22H,1-2H2;3-6H,1-2H2/t5-,6-,7+,8+,9-,10-,11-,12-;3-,4+/m1./s1. The summed E-state index contributed by atoms with van der Waals surface area (Å²) >= 11 is 0. The number of aldehydes is 2. The molecular weight excluding hydrogens is 416 g/mol. The molecule has 0 bridgehead atoms. The van der Waals surface area contributed by atoms with Crippen LogP contribution in [0, 0.1) is 0 Å². The van der Waals surface area contributed by atoms with Gasteiger partial charge in [0.15, 0.2) is 12.6 Å². The van der Waals surface area contributed by atoms with E-state index in [9.17, 15) is 40.2 Å². The summed E-state index contributed by atoms with van der Waals surface area (Å²) in [5, 5.41) is 91.2. The number of hydrogen-bond acceptors (Lipinski definition) is 14. The highest BCUT2D eigenvalue weighted by atomic mass is 16.5. The van der Waals surface area contributed by atoms with Crippen LogP contribution in [0.5, 0.6) is 0 Å². The zero-order valence-electron chi connectivity index (χ0n) is 15.9. The molecule has 1 saturated heterocycles. The van der Waals surface area contributed by atoms with Gasteiger partial charge in [0, 0.05) is 0 Å². The van der Waals surface area contributed by atoms with Gasteiger partial charge in [-0.15, -0.1) is 0 Å². The second-order valence-electron chi connectivity index (χ2n) is 6.47. The highest BCUT2D eigenvalue weighted by molar-refractivity contribution is 5.61. The van der Waals surface area contributed by atoms with Crippen LogP contribution in [0.25, 0.3) is 0 Å². The number of ether oxygens (including phenoxy) is 2. The van der Waals surface area contributed by atoms with Crippen LogP contribution >= 0.6 is 0 Å². The van der Waals surface area contributed by atoms with Crippen LogP contribution in [0.3, 0.4) is 0 Å². The molecule has 14 heteroatoms. The molecule has 1 fully saturated rings. The molecule has 14 nitrogen and oxygen atoms in total. The minimum absolute atomic E-state index is 0.0317. The van der Waals surface area contributed by atoms with Crippen molar-refractivity contribution in [3.05, 3.63) is 0 Å². The first-order chi connectivity index (χ1) is 14.0. The first-order valence-corrected chi connectivity index (χ1v) is 8.85. The summed E-state index contributed by atoms with van der Waals surface area (Å²) in [5.74, 6) is 0. The minimum atomic E-state index is -2.05. The Balaban J connectivity index is 0.000001000. The third kappa shape index (κ3) is 8.93. The molecule has 0 aromatic carbocycles. The predicted octanol–water partition coefficient (Wildman–Crippen LogP) is -6.97. The normalized spacial score (nSPS) is 26.9. The Labute approximate surface area is 171 Å². The summed E-state index contributed by atoms with van der Waals surface area (Å²) < 4.78 is 9.43. The Hall–Kier alpha value is -1.14. The van der Waals surface area contributed by atoms with E-state index in [-0.39, 0.29) is 25.8 Å². The zero-order valence-corrected chi connectivity index (χ0v) is 15.9. The van der Waals surface area contributed by atoms with Crippen LogP contribution in [0.15, 0.2) is 0 Å². The van der Waals surface area contributed by atoms with Crippen molar-refractivity contribution in [3.63, 3.8) is 0 Å². The Morgan fingerprint density at radius 2 is 1.07 bits per heavy atom. The zero-order chi connectivity index (χ0) is 23.4. The molecule has 0 saturated carbocycles. The van der Waals surface area contributed by atoms with Gasteiger partial charge in [-0.1, -0.05) is 0 Å². The number of carbonyl (C=O) groups is 2. The molecule has 0 radical (unpaired) electrons. The fourth-order valence-corrected chi connectivity index (χ4v) is 2.16. The first kappa shape index (κ1) is 28.9. The highest BCUT2D eigenvalue weighted by Crippen LogP contribution is 2.13. The van der Waals surface area contributed by atoms with Crippen molar-refractivity contribution in [1.82, 2.24) is 0 Å². The van der Waals surface area contributed by atoms with Gasteiger partial charge in [-0.05, 0) is 0 Å². The van der Waals surface area contributed by atoms with E-state index in [1.165, 1.54) is 0 Å². The third-order valence-electron chi connectivity index (χ3n) is 4.14. The Bertz CT molecular complexity index is 439. The summed E-state index contributed by atoms with van der Waals surface area (Å²) in [4.78, 5) is 21.8. The molecule has 0 unspecified atom stereocenters. The number of hydrogen-bond donors (Lipinski definition) is 10. The van der Waals surface area contributed by atoms with Crippen LogP contribution in [-0.2, 0) is 19.1 Å². The van der Waals surface area contributed by atoms with Crippen molar-refractivity contribution in [2.75, 3.05) is 26.4 Å². The molecule has 0 aliphatic carbocycles. The molecule has 1 aliphatic rings. The molecular formula is C16H30O14. The van der Waals surface area contributed by atoms with Crippen molar-refractivity contribution >= 4 is 12.6 Å². The van der Waals surface area contributed by atoms with E-state index >= 15 is 0 Å². The molecule has 10 N–H and O–H groups in total. The molecule has 1 rings (SSSR count). The van der Waals surface area contributed by atoms with Crippen LogP contribution < -0.4 is 0 Å². The average Bonchev–Trinajstić information content (AvgIpc) is 3.14. The van der Waals surface area contributed by atoms with Crippen LogP contribution in [0.2, 0.25) is 0 Å². The lowest BCUT2D eigenvalue weighted by molar-refractivity contribution is -0.180. The van der Waals surface area contributed by atoms with Gasteiger partial charge in [0.25, 0.3) is 0 Å². The van der Waals surface area contributed by atoms with Gasteiger partial charge in [0.1, 0.15) is 61.0 Å². The molecule has 10 atom stereocenters. The largest absolute Gasteiger partial charge is 0.394 e. The smallest absolute Gasteiger partial charge is 0.151 e. The second-order valence-corrected chi connectivity index (χ2v) is 6.47. The number of aliphatic hydroxyl groups is 10. The molecule has 1 heterocycles. The van der Waals surface area contributed by atoms with E-state index in [4.69, 9.17) is 25.2 Å².